The van der Waals surface area contributed by atoms with Gasteiger partial charge in [0.25, 0.3) is 5.91 Å². The van der Waals surface area contributed by atoms with Gasteiger partial charge in [-0.1, -0.05) is 0 Å². The first-order chi connectivity index (χ1) is 8.02. The quantitative estimate of drug-likeness (QED) is 0.870. The molecule has 1 aromatic rings. The second kappa shape index (κ2) is 4.31. The number of hydrogen-bond donors (Lipinski definition) is 1. The molecule has 2 N–H and O–H groups in total. The normalized spacial score (nSPS) is 16.6. The van der Waals surface area contributed by atoms with E-state index in [0.717, 1.165) is 12.8 Å². The number of nitrogens with zero attached hydrogens (tertiary/aromatic N) is 2. The van der Waals surface area contributed by atoms with Crippen LogP contribution in [-0.4, -0.2) is 28.9 Å². The largest absolute Gasteiger partial charge is 0.381 e. The number of halogens is 1. The first-order valence-electron chi connectivity index (χ1n) is 5.69. The van der Waals surface area contributed by atoms with E-state index in [9.17, 15) is 9.18 Å². The van der Waals surface area contributed by atoms with E-state index in [0.29, 0.717) is 5.92 Å². The first kappa shape index (κ1) is 11.8. The van der Waals surface area contributed by atoms with Gasteiger partial charge in [-0.05, 0) is 31.7 Å². The van der Waals surface area contributed by atoms with Crippen LogP contribution >= 0.6 is 0 Å². The van der Waals surface area contributed by atoms with Gasteiger partial charge in [0.05, 0.1) is 5.56 Å². The predicted molar refractivity (Wildman–Crippen MR) is 62.9 cm³/mol. The zero-order valence-electron chi connectivity index (χ0n) is 9.98. The van der Waals surface area contributed by atoms with Gasteiger partial charge < -0.3 is 10.6 Å². The maximum atomic E-state index is 13.7. The van der Waals surface area contributed by atoms with E-state index in [4.69, 9.17) is 5.73 Å². The summed E-state index contributed by atoms with van der Waals surface area (Å²) in [6.07, 6.45) is 3.63. The molecule has 0 aromatic carbocycles. The molecule has 1 saturated carbocycles. The van der Waals surface area contributed by atoms with Crippen molar-refractivity contribution in [1.82, 2.24) is 9.88 Å². The third-order valence-electron chi connectivity index (χ3n) is 3.38. The van der Waals surface area contributed by atoms with Crippen LogP contribution in [0.5, 0.6) is 0 Å². The van der Waals surface area contributed by atoms with Crippen LogP contribution in [0.15, 0.2) is 12.3 Å². The Bertz CT molecular complexity index is 445. The van der Waals surface area contributed by atoms with E-state index in [1.165, 1.54) is 12.3 Å². The van der Waals surface area contributed by atoms with Gasteiger partial charge in [-0.25, -0.2) is 9.37 Å². The molecule has 1 unspecified atom stereocenters. The maximum Gasteiger partial charge on any atom is 0.257 e. The number of amides is 1. The topological polar surface area (TPSA) is 59.2 Å². The van der Waals surface area contributed by atoms with Crippen LogP contribution in [0.1, 0.15) is 30.1 Å². The highest BCUT2D eigenvalue weighted by molar-refractivity contribution is 5.95. The monoisotopic (exact) mass is 237 g/mol. The van der Waals surface area contributed by atoms with Crippen LogP contribution in [0.3, 0.4) is 0 Å². The number of pyridine rings is 1. The van der Waals surface area contributed by atoms with Gasteiger partial charge in [-0.15, -0.1) is 0 Å². The molecule has 0 spiro atoms. The Labute approximate surface area is 99.6 Å². The van der Waals surface area contributed by atoms with Gasteiger partial charge >= 0.3 is 0 Å². The van der Waals surface area contributed by atoms with Crippen molar-refractivity contribution in [1.29, 1.82) is 0 Å². The molecule has 1 amide bonds. The van der Waals surface area contributed by atoms with Gasteiger partial charge in [0.1, 0.15) is 0 Å². The molecule has 0 saturated heterocycles. The van der Waals surface area contributed by atoms with Crippen molar-refractivity contribution < 1.29 is 9.18 Å². The van der Waals surface area contributed by atoms with Crippen molar-refractivity contribution in [3.63, 3.8) is 0 Å². The lowest BCUT2D eigenvalue weighted by molar-refractivity contribution is 0.0722. The highest BCUT2D eigenvalue weighted by Gasteiger charge is 2.33. The molecular formula is C12H16FN3O. The third-order valence-corrected chi connectivity index (χ3v) is 3.38. The lowest BCUT2D eigenvalue weighted by Gasteiger charge is -2.25. The second-order valence-electron chi connectivity index (χ2n) is 4.55. The molecule has 1 aromatic heterocycles. The van der Waals surface area contributed by atoms with Crippen molar-refractivity contribution >= 4 is 11.7 Å². The lowest BCUT2D eigenvalue weighted by Crippen LogP contribution is -2.37. The van der Waals surface area contributed by atoms with E-state index in [2.05, 4.69) is 4.98 Å². The summed E-state index contributed by atoms with van der Waals surface area (Å²) in [5.74, 6) is -0.752. The summed E-state index contributed by atoms with van der Waals surface area (Å²) >= 11 is 0. The predicted octanol–water partition coefficient (Wildman–Crippen LogP) is 1.67. The summed E-state index contributed by atoms with van der Waals surface area (Å²) < 4.78 is 13.7. The van der Waals surface area contributed by atoms with Crippen LogP contribution in [0.2, 0.25) is 0 Å². The van der Waals surface area contributed by atoms with Gasteiger partial charge in [-0.2, -0.15) is 0 Å². The Hall–Kier alpha value is -1.65. The molecule has 5 heteroatoms. The molecular weight excluding hydrogens is 221 g/mol. The Morgan fingerprint density at radius 3 is 2.88 bits per heavy atom. The van der Waals surface area contributed by atoms with E-state index >= 15 is 0 Å². The van der Waals surface area contributed by atoms with Crippen molar-refractivity contribution in [2.24, 2.45) is 5.92 Å². The molecule has 1 aliphatic rings. The minimum Gasteiger partial charge on any atom is -0.381 e. The molecule has 1 fully saturated rings. The average molecular weight is 237 g/mol. The fraction of sp³-hybridized carbons (Fsp3) is 0.500. The molecule has 0 radical (unpaired) electrons. The Balaban J connectivity index is 2.21. The number of carbonyl (C=O) groups excluding carboxylic acids is 1. The van der Waals surface area contributed by atoms with E-state index in [1.54, 1.807) is 11.9 Å². The molecule has 1 atom stereocenters. The number of rotatable bonds is 3. The highest BCUT2D eigenvalue weighted by Crippen LogP contribution is 2.35. The van der Waals surface area contributed by atoms with Crippen LogP contribution in [0, 0.1) is 11.7 Å². The summed E-state index contributed by atoms with van der Waals surface area (Å²) in [5, 5.41) is 0. The van der Waals surface area contributed by atoms with E-state index in [-0.39, 0.29) is 23.3 Å². The van der Waals surface area contributed by atoms with E-state index in [1.807, 2.05) is 6.92 Å². The molecule has 1 heterocycles. The fourth-order valence-electron chi connectivity index (χ4n) is 1.89. The van der Waals surface area contributed by atoms with Crippen LogP contribution in [-0.2, 0) is 0 Å². The number of carbonyl (C=O) groups is 1. The molecule has 2 rings (SSSR count). The maximum absolute atomic E-state index is 13.7. The van der Waals surface area contributed by atoms with Crippen LogP contribution in [0.25, 0.3) is 0 Å². The highest BCUT2D eigenvalue weighted by atomic mass is 19.1. The second-order valence-corrected chi connectivity index (χ2v) is 4.55. The van der Waals surface area contributed by atoms with Crippen molar-refractivity contribution in [2.45, 2.75) is 25.8 Å². The van der Waals surface area contributed by atoms with Crippen molar-refractivity contribution in [3.05, 3.63) is 23.6 Å². The minimum absolute atomic E-state index is 0.00694. The minimum atomic E-state index is -0.729. The van der Waals surface area contributed by atoms with E-state index < -0.39 is 5.82 Å². The number of nitrogens with two attached hydrogens (primary N) is 1. The molecule has 0 bridgehead atoms. The standard InChI is InChI=1S/C12H16FN3O/c1-7(8-3-4-8)16(2)12(17)9-5-6-15-11(14)10(9)13/h5-8H,3-4H2,1-2H3,(H2,14,15). The Kier molecular flexibility index (Phi) is 3.00. The average Bonchev–Trinajstić information content (AvgIpc) is 3.14. The number of anilines is 1. The van der Waals surface area contributed by atoms with Crippen LogP contribution < -0.4 is 5.73 Å². The van der Waals surface area contributed by atoms with Gasteiger partial charge in [0, 0.05) is 19.3 Å². The summed E-state index contributed by atoms with van der Waals surface area (Å²) in [6, 6.07) is 1.50. The first-order valence-corrected chi connectivity index (χ1v) is 5.69. The Morgan fingerprint density at radius 1 is 1.65 bits per heavy atom. The molecule has 0 aliphatic heterocycles. The number of hydrogen-bond acceptors (Lipinski definition) is 3. The van der Waals surface area contributed by atoms with Gasteiger partial charge in [-0.3, -0.25) is 4.79 Å². The summed E-state index contributed by atoms with van der Waals surface area (Å²) in [7, 11) is 1.70. The van der Waals surface area contributed by atoms with Crippen LogP contribution in [0.4, 0.5) is 10.2 Å². The lowest BCUT2D eigenvalue weighted by atomic mass is 10.1. The number of aromatic nitrogens is 1. The molecule has 92 valence electrons. The summed E-state index contributed by atoms with van der Waals surface area (Å²) in [5.41, 5.74) is 5.34. The van der Waals surface area contributed by atoms with Crippen molar-refractivity contribution in [3.8, 4) is 0 Å². The number of nitrogen functional groups attached to an aromatic ring is 1. The summed E-state index contributed by atoms with van der Waals surface area (Å²) in [6.45, 7) is 1.98. The molecule has 17 heavy (non-hydrogen) atoms. The molecule has 4 nitrogen and oxygen atoms in total. The fourth-order valence-corrected chi connectivity index (χ4v) is 1.89. The van der Waals surface area contributed by atoms with Gasteiger partial charge in [0.2, 0.25) is 0 Å². The molecule has 1 aliphatic carbocycles. The SMILES string of the molecule is CC(C1CC1)N(C)C(=O)c1ccnc(N)c1F. The Morgan fingerprint density at radius 2 is 2.29 bits per heavy atom. The van der Waals surface area contributed by atoms with Crippen molar-refractivity contribution in [2.75, 3.05) is 12.8 Å². The third kappa shape index (κ3) is 2.23. The summed E-state index contributed by atoms with van der Waals surface area (Å²) in [4.78, 5) is 17.3. The zero-order chi connectivity index (χ0) is 12.6. The zero-order valence-corrected chi connectivity index (χ0v) is 9.98. The smallest absolute Gasteiger partial charge is 0.257 e. The van der Waals surface area contributed by atoms with Gasteiger partial charge in [0.15, 0.2) is 11.6 Å².